The lowest BCUT2D eigenvalue weighted by atomic mass is 9.85. The van der Waals surface area contributed by atoms with Gasteiger partial charge in [0.05, 0.1) is 13.2 Å². The second kappa shape index (κ2) is 17.3. The summed E-state index contributed by atoms with van der Waals surface area (Å²) in [5, 5.41) is 0.509. The lowest BCUT2D eigenvalue weighted by Crippen LogP contribution is -2.44. The molecule has 0 radical (unpaired) electrons. The number of rotatable bonds is 17. The van der Waals surface area contributed by atoms with Gasteiger partial charge in [-0.15, -0.1) is 11.6 Å². The van der Waals surface area contributed by atoms with Crippen molar-refractivity contribution in [3.05, 3.63) is 47.5 Å². The number of carbonyl (C=O) groups excluding carboxylic acids is 1. The van der Waals surface area contributed by atoms with E-state index in [1.54, 1.807) is 0 Å². The quantitative estimate of drug-likeness (QED) is 0.0546. The van der Waals surface area contributed by atoms with Crippen molar-refractivity contribution in [1.82, 2.24) is 0 Å². The van der Waals surface area contributed by atoms with Crippen molar-refractivity contribution in [1.29, 1.82) is 0 Å². The number of hydrogen-bond acceptors (Lipinski definition) is 4. The summed E-state index contributed by atoms with van der Waals surface area (Å²) >= 11 is 7.09. The Morgan fingerprint density at radius 3 is 2.09 bits per heavy atom. The van der Waals surface area contributed by atoms with E-state index in [9.17, 15) is 4.79 Å². The van der Waals surface area contributed by atoms with E-state index in [-0.39, 0.29) is 33.4 Å². The number of methoxy groups -OCH3 is 1. The van der Waals surface area contributed by atoms with E-state index in [1.807, 2.05) is 0 Å². The first kappa shape index (κ1) is 39.3. The number of unbranched alkanes of at least 4 members (excludes halogenated alkanes) is 4. The zero-order valence-corrected chi connectivity index (χ0v) is 32.8. The molecule has 1 aromatic carbocycles. The number of aryl methyl sites for hydroxylation is 1. The van der Waals surface area contributed by atoms with Crippen LogP contribution in [0.1, 0.15) is 116 Å². The van der Waals surface area contributed by atoms with Gasteiger partial charge in [0.15, 0.2) is 16.6 Å². The van der Waals surface area contributed by atoms with Crippen LogP contribution in [0.2, 0.25) is 36.3 Å². The monoisotopic (exact) mass is 664 g/mol. The molecule has 0 unspecified atom stereocenters. The number of allylic oxidation sites excluding steroid dienone is 2. The zero-order valence-electron chi connectivity index (χ0n) is 30.1. The zero-order chi connectivity index (χ0) is 33.2. The van der Waals surface area contributed by atoms with Crippen LogP contribution < -0.4 is 0 Å². The highest BCUT2D eigenvalue weighted by molar-refractivity contribution is 6.74. The number of esters is 1. The molecule has 1 aliphatic rings. The molecule has 0 amide bonds. The average Bonchev–Trinajstić information content (AvgIpc) is 3.22. The van der Waals surface area contributed by atoms with Gasteiger partial charge in [-0.1, -0.05) is 90.8 Å². The van der Waals surface area contributed by atoms with E-state index < -0.39 is 16.6 Å². The van der Waals surface area contributed by atoms with Gasteiger partial charge in [0.25, 0.3) is 0 Å². The Labute approximate surface area is 278 Å². The topological polar surface area (TPSA) is 44.8 Å². The molecule has 0 heterocycles. The minimum Gasteiger partial charge on any atom is -0.469 e. The van der Waals surface area contributed by atoms with Crippen LogP contribution in [0.3, 0.4) is 0 Å². The van der Waals surface area contributed by atoms with Crippen LogP contribution >= 0.6 is 11.6 Å². The molecule has 1 saturated carbocycles. The van der Waals surface area contributed by atoms with E-state index in [1.165, 1.54) is 37.5 Å². The smallest absolute Gasteiger partial charge is 0.305 e. The van der Waals surface area contributed by atoms with Crippen LogP contribution in [0.15, 0.2) is 36.4 Å². The van der Waals surface area contributed by atoms with Gasteiger partial charge in [0.2, 0.25) is 0 Å². The number of benzene rings is 1. The second-order valence-corrected chi connectivity index (χ2v) is 26.2. The molecule has 0 saturated heterocycles. The number of hydrogen-bond donors (Lipinski definition) is 0. The molecule has 2 rings (SSSR count). The van der Waals surface area contributed by atoms with Gasteiger partial charge >= 0.3 is 5.97 Å². The lowest BCUT2D eigenvalue weighted by molar-refractivity contribution is -0.140. The Bertz CT molecular complexity index is 1020. The lowest BCUT2D eigenvalue weighted by Gasteiger charge is -2.40. The molecular weight excluding hydrogens is 600 g/mol. The summed E-state index contributed by atoms with van der Waals surface area (Å²) in [5.41, 5.74) is 2.77. The van der Waals surface area contributed by atoms with Crippen molar-refractivity contribution in [3.8, 4) is 0 Å². The van der Waals surface area contributed by atoms with Gasteiger partial charge in [-0.05, 0) is 98.3 Å². The van der Waals surface area contributed by atoms with E-state index in [4.69, 9.17) is 25.2 Å². The third-order valence-corrected chi connectivity index (χ3v) is 20.1. The Balaban J connectivity index is 2.01. The molecule has 1 aromatic rings. The van der Waals surface area contributed by atoms with Crippen molar-refractivity contribution >= 4 is 34.2 Å². The summed E-state index contributed by atoms with van der Waals surface area (Å²) in [7, 11) is -2.14. The standard InChI is InChI=1S/C37H65ClO4Si2/c1-36(2,3)43(8,9)41-27-19-15-14-16-20-29-23-25-30(26-24-29)35-31(21-17-12-13-18-22-34(39)40-7)32(38)28-33(35)42-44(10,11)37(4,5)6/h12,17,23-26,31-33,35H,13-16,18-22,27-28H2,1-11H3/b17-12-/t31-,32-,33+,35+/m0/s1. The Morgan fingerprint density at radius 2 is 1.50 bits per heavy atom. The van der Waals surface area contributed by atoms with Crippen molar-refractivity contribution in [2.75, 3.05) is 13.7 Å². The molecule has 0 bridgehead atoms. The Morgan fingerprint density at radius 1 is 0.886 bits per heavy atom. The fraction of sp³-hybridized carbons (Fsp3) is 0.757. The maximum atomic E-state index is 11.4. The van der Waals surface area contributed by atoms with Gasteiger partial charge in [-0.2, -0.15) is 0 Å². The summed E-state index contributed by atoms with van der Waals surface area (Å²) < 4.78 is 18.2. The number of halogens is 1. The molecule has 1 fully saturated rings. The van der Waals surface area contributed by atoms with Gasteiger partial charge in [0.1, 0.15) is 0 Å². The van der Waals surface area contributed by atoms with Crippen LogP contribution in [0, 0.1) is 5.92 Å². The number of ether oxygens (including phenoxy) is 1. The van der Waals surface area contributed by atoms with Crippen molar-refractivity contribution in [3.63, 3.8) is 0 Å². The van der Waals surface area contributed by atoms with E-state index >= 15 is 0 Å². The maximum absolute atomic E-state index is 11.4. The third kappa shape index (κ3) is 12.0. The second-order valence-electron chi connectivity index (χ2n) is 16.0. The van der Waals surface area contributed by atoms with Crippen molar-refractivity contribution in [2.45, 2.75) is 159 Å². The van der Waals surface area contributed by atoms with Crippen LogP contribution in [0.5, 0.6) is 0 Å². The molecule has 0 N–H and O–H groups in total. The van der Waals surface area contributed by atoms with Gasteiger partial charge in [-0.25, -0.2) is 0 Å². The molecule has 44 heavy (non-hydrogen) atoms. The van der Waals surface area contributed by atoms with Gasteiger partial charge in [-0.3, -0.25) is 4.79 Å². The fourth-order valence-electron chi connectivity index (χ4n) is 5.55. The highest BCUT2D eigenvalue weighted by Crippen LogP contribution is 2.49. The largest absolute Gasteiger partial charge is 0.469 e. The molecule has 252 valence electrons. The van der Waals surface area contributed by atoms with Crippen molar-refractivity contribution in [2.24, 2.45) is 5.92 Å². The Kier molecular flexibility index (Phi) is 15.4. The molecule has 4 nitrogen and oxygen atoms in total. The molecule has 7 heteroatoms. The van der Waals surface area contributed by atoms with Crippen LogP contribution in [-0.2, 0) is 24.8 Å². The van der Waals surface area contributed by atoms with Crippen LogP contribution in [0.25, 0.3) is 0 Å². The summed E-state index contributed by atoms with van der Waals surface area (Å²) in [6, 6.07) is 9.36. The molecule has 0 spiro atoms. The SMILES string of the molecule is COC(=O)CCC/C=C\C[C@@H]1[C@@H](c2ccc(CCCCCCO[Si](C)(C)C(C)(C)C)cc2)[C@H](O[Si](C)(C)C(C)(C)C)C[C@@H]1Cl. The summed E-state index contributed by atoms with van der Waals surface area (Å²) in [6.45, 7) is 24.1. The minimum atomic E-state index is -1.96. The maximum Gasteiger partial charge on any atom is 0.305 e. The van der Waals surface area contributed by atoms with Crippen LogP contribution in [-0.4, -0.2) is 47.8 Å². The first-order valence-electron chi connectivity index (χ1n) is 17.2. The Hall–Kier alpha value is -0.926. The highest BCUT2D eigenvalue weighted by atomic mass is 35.5. The minimum absolute atomic E-state index is 0.0785. The molecule has 0 aromatic heterocycles. The first-order valence-corrected chi connectivity index (χ1v) is 23.4. The van der Waals surface area contributed by atoms with E-state index in [2.05, 4.69) is 104 Å². The van der Waals surface area contributed by atoms with Crippen molar-refractivity contribution < 1.29 is 18.4 Å². The highest BCUT2D eigenvalue weighted by Gasteiger charge is 2.48. The summed E-state index contributed by atoms with van der Waals surface area (Å²) in [6.07, 6.45) is 14.5. The molecule has 4 atom stereocenters. The summed E-state index contributed by atoms with van der Waals surface area (Å²) in [5.74, 6) is 0.458. The van der Waals surface area contributed by atoms with Gasteiger partial charge < -0.3 is 13.6 Å². The molecular formula is C37H65ClO4Si2. The number of carbonyl (C=O) groups is 1. The predicted molar refractivity (Wildman–Crippen MR) is 194 cm³/mol. The fourth-order valence-corrected chi connectivity index (χ4v) is 8.43. The first-order chi connectivity index (χ1) is 20.4. The predicted octanol–water partition coefficient (Wildman–Crippen LogP) is 11.2. The van der Waals surface area contributed by atoms with E-state index in [0.717, 1.165) is 45.1 Å². The third-order valence-electron chi connectivity index (χ3n) is 10.6. The van der Waals surface area contributed by atoms with Crippen LogP contribution in [0.4, 0.5) is 0 Å². The van der Waals surface area contributed by atoms with E-state index in [0.29, 0.717) is 12.3 Å². The summed E-state index contributed by atoms with van der Waals surface area (Å²) in [4.78, 5) is 11.4. The number of alkyl halides is 1. The average molecular weight is 666 g/mol. The van der Waals surface area contributed by atoms with Gasteiger partial charge in [0, 0.05) is 24.3 Å². The molecule has 1 aliphatic carbocycles. The normalized spacial score (nSPS) is 21.7. The molecule has 0 aliphatic heterocycles.